The summed E-state index contributed by atoms with van der Waals surface area (Å²) in [4.78, 5) is 23.6. The van der Waals surface area contributed by atoms with E-state index < -0.39 is 24.6 Å². The number of carbonyl (C=O) groups excluding carboxylic acids is 2. The highest BCUT2D eigenvalue weighted by Crippen LogP contribution is 2.21. The molecular formula is C17H13N3O4S. The summed E-state index contributed by atoms with van der Waals surface area (Å²) in [6.07, 6.45) is -0.919. The highest BCUT2D eigenvalue weighted by atomic mass is 32.1. The molecule has 2 rings (SSSR count). The van der Waals surface area contributed by atoms with Crippen molar-refractivity contribution in [3.63, 3.8) is 0 Å². The number of benzene rings is 1. The van der Waals surface area contributed by atoms with Crippen molar-refractivity contribution in [1.29, 1.82) is 10.5 Å². The monoisotopic (exact) mass is 355 g/mol. The Bertz CT molecular complexity index is 846. The minimum atomic E-state index is -0.919. The molecule has 1 aromatic carbocycles. The van der Waals surface area contributed by atoms with E-state index in [1.165, 1.54) is 18.3 Å². The Morgan fingerprint density at radius 1 is 1.20 bits per heavy atom. The number of amides is 1. The fraction of sp³-hybridized carbons (Fsp3) is 0.176. The zero-order chi connectivity index (χ0) is 18.2. The fourth-order valence-electron chi connectivity index (χ4n) is 1.77. The van der Waals surface area contributed by atoms with Gasteiger partial charge >= 0.3 is 5.97 Å². The number of nitrogens with one attached hydrogen (secondary N) is 1. The molecule has 0 aliphatic heterocycles. The van der Waals surface area contributed by atoms with Gasteiger partial charge in [-0.3, -0.25) is 4.79 Å². The number of hydrogen-bond acceptors (Lipinski definition) is 7. The van der Waals surface area contributed by atoms with E-state index in [1.807, 2.05) is 12.1 Å². The molecule has 0 spiro atoms. The Balaban J connectivity index is 1.81. The van der Waals surface area contributed by atoms with Crippen molar-refractivity contribution in [3.05, 3.63) is 46.8 Å². The van der Waals surface area contributed by atoms with Gasteiger partial charge < -0.3 is 14.8 Å². The van der Waals surface area contributed by atoms with Crippen LogP contribution >= 0.6 is 11.3 Å². The molecule has 1 atom stereocenters. The predicted octanol–water partition coefficient (Wildman–Crippen LogP) is 2.44. The van der Waals surface area contributed by atoms with Crippen molar-refractivity contribution in [2.24, 2.45) is 0 Å². The molecule has 0 aliphatic rings. The van der Waals surface area contributed by atoms with Gasteiger partial charge in [0.2, 0.25) is 0 Å². The molecule has 2 aromatic rings. The summed E-state index contributed by atoms with van der Waals surface area (Å²) in [7, 11) is 0. The van der Waals surface area contributed by atoms with Crippen LogP contribution in [0.3, 0.4) is 0 Å². The summed E-state index contributed by atoms with van der Waals surface area (Å²) in [6, 6.07) is 11.8. The van der Waals surface area contributed by atoms with Crippen LogP contribution in [0.15, 0.2) is 35.7 Å². The van der Waals surface area contributed by atoms with Crippen LogP contribution in [0.25, 0.3) is 0 Å². The van der Waals surface area contributed by atoms with E-state index in [4.69, 9.17) is 20.0 Å². The number of rotatable bonds is 6. The van der Waals surface area contributed by atoms with Crippen molar-refractivity contribution in [2.45, 2.75) is 13.0 Å². The highest BCUT2D eigenvalue weighted by molar-refractivity contribution is 7.14. The third kappa shape index (κ3) is 5.06. The summed E-state index contributed by atoms with van der Waals surface area (Å²) < 4.78 is 10.3. The quantitative estimate of drug-likeness (QED) is 0.797. The average Bonchev–Trinajstić information content (AvgIpc) is 3.07. The van der Waals surface area contributed by atoms with Gasteiger partial charge in [0.05, 0.1) is 17.2 Å². The molecule has 1 heterocycles. The van der Waals surface area contributed by atoms with E-state index in [9.17, 15) is 9.59 Å². The molecule has 25 heavy (non-hydrogen) atoms. The molecule has 0 unspecified atom stereocenters. The molecule has 7 nitrogen and oxygen atoms in total. The van der Waals surface area contributed by atoms with Crippen molar-refractivity contribution < 1.29 is 19.1 Å². The van der Waals surface area contributed by atoms with Gasteiger partial charge in [-0.2, -0.15) is 10.5 Å². The van der Waals surface area contributed by atoms with E-state index in [0.29, 0.717) is 21.9 Å². The maximum atomic E-state index is 11.9. The first-order valence-electron chi connectivity index (χ1n) is 7.14. The van der Waals surface area contributed by atoms with Gasteiger partial charge in [-0.1, -0.05) is 0 Å². The minimum Gasteiger partial charge on any atom is -0.479 e. The van der Waals surface area contributed by atoms with Gasteiger partial charge in [-0.15, -0.1) is 11.3 Å². The highest BCUT2D eigenvalue weighted by Gasteiger charge is 2.18. The van der Waals surface area contributed by atoms with Crippen LogP contribution in [0.2, 0.25) is 0 Å². The SMILES string of the molecule is C[C@H](Oc1ccc(C#N)cc1)C(=O)OCC(=O)Nc1sccc1C#N. The van der Waals surface area contributed by atoms with E-state index in [1.54, 1.807) is 35.7 Å². The van der Waals surface area contributed by atoms with Crippen molar-refractivity contribution in [1.82, 2.24) is 0 Å². The lowest BCUT2D eigenvalue weighted by Crippen LogP contribution is -2.29. The Morgan fingerprint density at radius 3 is 2.56 bits per heavy atom. The van der Waals surface area contributed by atoms with Crippen LogP contribution < -0.4 is 10.1 Å². The van der Waals surface area contributed by atoms with Crippen molar-refractivity contribution in [3.8, 4) is 17.9 Å². The maximum absolute atomic E-state index is 11.9. The molecule has 0 saturated heterocycles. The zero-order valence-corrected chi connectivity index (χ0v) is 14.0. The van der Waals surface area contributed by atoms with E-state index in [-0.39, 0.29) is 0 Å². The molecule has 0 bridgehead atoms. The number of anilines is 1. The normalized spacial score (nSPS) is 10.8. The van der Waals surface area contributed by atoms with Gasteiger partial charge in [-0.05, 0) is 42.6 Å². The predicted molar refractivity (Wildman–Crippen MR) is 89.9 cm³/mol. The molecule has 126 valence electrons. The summed E-state index contributed by atoms with van der Waals surface area (Å²) in [5.41, 5.74) is 0.826. The Morgan fingerprint density at radius 2 is 1.92 bits per heavy atom. The van der Waals surface area contributed by atoms with Crippen LogP contribution in [-0.4, -0.2) is 24.6 Å². The fourth-order valence-corrected chi connectivity index (χ4v) is 2.52. The molecule has 0 radical (unpaired) electrons. The smallest absolute Gasteiger partial charge is 0.347 e. The third-order valence-electron chi connectivity index (χ3n) is 3.01. The first-order chi connectivity index (χ1) is 12.0. The maximum Gasteiger partial charge on any atom is 0.347 e. The van der Waals surface area contributed by atoms with E-state index in [0.717, 1.165) is 0 Å². The summed E-state index contributed by atoms with van der Waals surface area (Å²) in [6.45, 7) is 1.01. The second kappa shape index (κ2) is 8.48. The standard InChI is InChI=1S/C17H13N3O4S/c1-11(24-14-4-2-12(8-18)3-5-14)17(22)23-10-15(21)20-16-13(9-19)6-7-25-16/h2-7,11H,10H2,1H3,(H,20,21)/t11-/m0/s1. The van der Waals surface area contributed by atoms with Crippen molar-refractivity contribution >= 4 is 28.2 Å². The van der Waals surface area contributed by atoms with E-state index in [2.05, 4.69) is 5.32 Å². The lowest BCUT2D eigenvalue weighted by molar-refractivity contribution is -0.153. The minimum absolute atomic E-state index is 0.349. The van der Waals surface area contributed by atoms with Crippen LogP contribution in [0.5, 0.6) is 5.75 Å². The summed E-state index contributed by atoms with van der Waals surface area (Å²) in [5.74, 6) is -0.839. The van der Waals surface area contributed by atoms with Crippen molar-refractivity contribution in [2.75, 3.05) is 11.9 Å². The number of esters is 1. The van der Waals surface area contributed by atoms with Crippen LogP contribution in [-0.2, 0) is 14.3 Å². The number of thiophene rings is 1. The Hall–Kier alpha value is -3.36. The average molecular weight is 355 g/mol. The molecule has 1 amide bonds. The number of carbonyl (C=O) groups is 2. The molecule has 0 fully saturated rings. The number of nitrogens with zero attached hydrogens (tertiary/aromatic N) is 2. The van der Waals surface area contributed by atoms with Gasteiger partial charge in [0.25, 0.3) is 5.91 Å². The lowest BCUT2D eigenvalue weighted by Gasteiger charge is -2.13. The first-order valence-corrected chi connectivity index (χ1v) is 8.02. The molecule has 1 aromatic heterocycles. The third-order valence-corrected chi connectivity index (χ3v) is 3.84. The largest absolute Gasteiger partial charge is 0.479 e. The van der Waals surface area contributed by atoms with Gasteiger partial charge in [-0.25, -0.2) is 4.79 Å². The van der Waals surface area contributed by atoms with E-state index >= 15 is 0 Å². The molecule has 1 N–H and O–H groups in total. The number of ether oxygens (including phenoxy) is 2. The first kappa shape index (κ1) is 18.0. The summed E-state index contributed by atoms with van der Waals surface area (Å²) in [5, 5.41) is 22.2. The Labute approximate surface area is 148 Å². The molecule has 0 saturated carbocycles. The molecule has 8 heteroatoms. The van der Waals surface area contributed by atoms with Crippen LogP contribution in [0.4, 0.5) is 5.00 Å². The van der Waals surface area contributed by atoms with Crippen LogP contribution in [0, 0.1) is 22.7 Å². The van der Waals surface area contributed by atoms with Crippen LogP contribution in [0.1, 0.15) is 18.1 Å². The second-order valence-corrected chi connectivity index (χ2v) is 5.74. The molecular weight excluding hydrogens is 342 g/mol. The van der Waals surface area contributed by atoms with Gasteiger partial charge in [0, 0.05) is 0 Å². The van der Waals surface area contributed by atoms with Gasteiger partial charge in [0.1, 0.15) is 16.8 Å². The van der Waals surface area contributed by atoms with Gasteiger partial charge in [0.15, 0.2) is 12.7 Å². The summed E-state index contributed by atoms with van der Waals surface area (Å²) >= 11 is 1.21. The Kier molecular flexibility index (Phi) is 6.10. The topological polar surface area (TPSA) is 112 Å². The second-order valence-electron chi connectivity index (χ2n) is 4.83. The zero-order valence-electron chi connectivity index (χ0n) is 13.2. The number of nitriles is 2. The number of hydrogen-bond donors (Lipinski definition) is 1. The molecule has 0 aliphatic carbocycles. The lowest BCUT2D eigenvalue weighted by atomic mass is 10.2.